The Balaban J connectivity index is 2.00. The zero-order valence-electron chi connectivity index (χ0n) is 13.1. The molecule has 3 rings (SSSR count). The highest BCUT2D eigenvalue weighted by atomic mass is 32.1. The highest BCUT2D eigenvalue weighted by molar-refractivity contribution is 7.10. The summed E-state index contributed by atoms with van der Waals surface area (Å²) >= 11 is 1.38. The summed E-state index contributed by atoms with van der Waals surface area (Å²) in [6, 6.07) is 1.19. The minimum atomic E-state index is -4.44. The molecule has 1 amide bonds. The number of rotatable bonds is 3. The van der Waals surface area contributed by atoms with Crippen LogP contribution in [0.3, 0.4) is 0 Å². The first-order valence-electron chi connectivity index (χ1n) is 7.52. The van der Waals surface area contributed by atoms with Crippen molar-refractivity contribution in [2.24, 2.45) is 0 Å². The van der Waals surface area contributed by atoms with Crippen molar-refractivity contribution in [3.05, 3.63) is 34.2 Å². The first-order chi connectivity index (χ1) is 11.3. The van der Waals surface area contributed by atoms with Crippen LogP contribution in [0.25, 0.3) is 0 Å². The van der Waals surface area contributed by atoms with Crippen LogP contribution >= 0.6 is 11.3 Å². The number of carbonyl (C=O) groups is 1. The van der Waals surface area contributed by atoms with Crippen LogP contribution in [0, 0.1) is 0 Å². The fourth-order valence-corrected chi connectivity index (χ4v) is 3.54. The summed E-state index contributed by atoms with van der Waals surface area (Å²) in [4.78, 5) is 13.1. The highest BCUT2D eigenvalue weighted by Crippen LogP contribution is 2.44. The van der Waals surface area contributed by atoms with Crippen molar-refractivity contribution in [1.29, 1.82) is 0 Å². The maximum atomic E-state index is 13.5. The van der Waals surface area contributed by atoms with Crippen molar-refractivity contribution >= 4 is 23.1 Å². The Morgan fingerprint density at radius 3 is 2.83 bits per heavy atom. The van der Waals surface area contributed by atoms with Crippen molar-refractivity contribution < 1.29 is 18.0 Å². The standard InChI is InChI=1S/C15H17F3N4OS/c1-8(2)20-14(23)9-7-19-22-12(15(16,17)18)6-10(21-13(9)22)11-4-3-5-24-11/h3-5,7-8,10,12,21H,6H2,1-2H3,(H,20,23)/t10-,12+/m0/s1. The molecule has 24 heavy (non-hydrogen) atoms. The van der Waals surface area contributed by atoms with Gasteiger partial charge < -0.3 is 10.6 Å². The van der Waals surface area contributed by atoms with E-state index in [-0.39, 0.29) is 23.8 Å². The van der Waals surface area contributed by atoms with Crippen LogP contribution in [0.2, 0.25) is 0 Å². The molecule has 0 aliphatic carbocycles. The van der Waals surface area contributed by atoms with Crippen LogP contribution in [-0.2, 0) is 0 Å². The third kappa shape index (κ3) is 3.12. The normalized spacial score (nSPS) is 20.6. The first-order valence-corrected chi connectivity index (χ1v) is 8.40. The van der Waals surface area contributed by atoms with E-state index >= 15 is 0 Å². The molecule has 1 aliphatic rings. The van der Waals surface area contributed by atoms with Crippen LogP contribution in [0.15, 0.2) is 23.7 Å². The summed E-state index contributed by atoms with van der Waals surface area (Å²) in [5, 5.41) is 11.4. The summed E-state index contributed by atoms with van der Waals surface area (Å²) in [6.45, 7) is 3.57. The molecule has 2 aromatic rings. The fourth-order valence-electron chi connectivity index (χ4n) is 2.74. The van der Waals surface area contributed by atoms with E-state index in [0.717, 1.165) is 9.56 Å². The van der Waals surface area contributed by atoms with E-state index in [2.05, 4.69) is 15.7 Å². The summed E-state index contributed by atoms with van der Waals surface area (Å²) in [5.41, 5.74) is 0.124. The molecule has 9 heteroatoms. The smallest absolute Gasteiger partial charge is 0.362 e. The summed E-state index contributed by atoms with van der Waals surface area (Å²) in [7, 11) is 0. The number of hydrogen-bond acceptors (Lipinski definition) is 4. The van der Waals surface area contributed by atoms with Gasteiger partial charge in [0.2, 0.25) is 0 Å². The predicted octanol–water partition coefficient (Wildman–Crippen LogP) is 3.74. The fraction of sp³-hybridized carbons (Fsp3) is 0.467. The molecule has 0 radical (unpaired) electrons. The molecule has 2 N–H and O–H groups in total. The molecule has 0 spiro atoms. The Hall–Kier alpha value is -2.03. The van der Waals surface area contributed by atoms with Gasteiger partial charge in [-0.2, -0.15) is 18.3 Å². The summed E-state index contributed by atoms with van der Waals surface area (Å²) < 4.78 is 41.3. The van der Waals surface area contributed by atoms with Gasteiger partial charge in [0.05, 0.1) is 12.2 Å². The lowest BCUT2D eigenvalue weighted by atomic mass is 10.0. The number of nitrogens with zero attached hydrogens (tertiary/aromatic N) is 2. The SMILES string of the molecule is CC(C)NC(=O)c1cnn2c1N[C@H](c1cccs1)C[C@@H]2C(F)(F)F. The maximum absolute atomic E-state index is 13.5. The van der Waals surface area contributed by atoms with Crippen LogP contribution in [-0.4, -0.2) is 27.9 Å². The van der Waals surface area contributed by atoms with Crippen molar-refractivity contribution in [1.82, 2.24) is 15.1 Å². The van der Waals surface area contributed by atoms with E-state index in [1.165, 1.54) is 17.5 Å². The number of amides is 1. The Bertz CT molecular complexity index is 724. The van der Waals surface area contributed by atoms with Crippen LogP contribution in [0.1, 0.15) is 47.6 Å². The van der Waals surface area contributed by atoms with Gasteiger partial charge in [-0.05, 0) is 25.3 Å². The topological polar surface area (TPSA) is 59.0 Å². The third-order valence-electron chi connectivity index (χ3n) is 3.79. The number of nitrogens with one attached hydrogen (secondary N) is 2. The molecule has 5 nitrogen and oxygen atoms in total. The second-order valence-electron chi connectivity index (χ2n) is 5.99. The molecule has 0 aromatic carbocycles. The quantitative estimate of drug-likeness (QED) is 0.879. The van der Waals surface area contributed by atoms with Gasteiger partial charge >= 0.3 is 6.18 Å². The van der Waals surface area contributed by atoms with Crippen LogP contribution in [0.4, 0.5) is 19.0 Å². The van der Waals surface area contributed by atoms with Crippen molar-refractivity contribution in [3.8, 4) is 0 Å². The number of hydrogen-bond donors (Lipinski definition) is 2. The molecule has 0 bridgehead atoms. The molecule has 1 aliphatic heterocycles. The highest BCUT2D eigenvalue weighted by Gasteiger charge is 2.47. The molecule has 2 aromatic heterocycles. The van der Waals surface area contributed by atoms with E-state index in [0.29, 0.717) is 0 Å². The van der Waals surface area contributed by atoms with Gasteiger partial charge in [-0.25, -0.2) is 4.68 Å². The minimum absolute atomic E-state index is 0.111. The van der Waals surface area contributed by atoms with Gasteiger partial charge in [0.25, 0.3) is 5.91 Å². The Morgan fingerprint density at radius 2 is 2.25 bits per heavy atom. The molecule has 3 heterocycles. The minimum Gasteiger partial charge on any atom is -0.362 e. The second-order valence-corrected chi connectivity index (χ2v) is 6.96. The van der Waals surface area contributed by atoms with E-state index in [9.17, 15) is 18.0 Å². The van der Waals surface area contributed by atoms with Crippen molar-refractivity contribution in [2.75, 3.05) is 5.32 Å². The first kappa shape index (κ1) is 16.8. The predicted molar refractivity (Wildman–Crippen MR) is 85.2 cm³/mol. The molecule has 0 fully saturated rings. The lowest BCUT2D eigenvalue weighted by molar-refractivity contribution is -0.173. The van der Waals surface area contributed by atoms with Gasteiger partial charge in [-0.15, -0.1) is 11.3 Å². The lowest BCUT2D eigenvalue weighted by Crippen LogP contribution is -2.37. The number of alkyl halides is 3. The van der Waals surface area contributed by atoms with E-state index < -0.39 is 24.2 Å². The number of aromatic nitrogens is 2. The molecule has 2 atom stereocenters. The van der Waals surface area contributed by atoms with Crippen molar-refractivity contribution in [2.45, 2.75) is 44.6 Å². The summed E-state index contributed by atoms with van der Waals surface area (Å²) in [6.07, 6.45) is -3.41. The Kier molecular flexibility index (Phi) is 4.29. The Labute approximate surface area is 140 Å². The van der Waals surface area contributed by atoms with Crippen molar-refractivity contribution in [3.63, 3.8) is 0 Å². The number of anilines is 1. The molecular formula is C15H17F3N4OS. The molecule has 130 valence electrons. The zero-order chi connectivity index (χ0) is 17.5. The molecular weight excluding hydrogens is 341 g/mol. The average Bonchev–Trinajstić information content (AvgIpc) is 3.13. The maximum Gasteiger partial charge on any atom is 0.410 e. The number of carbonyl (C=O) groups excluding carboxylic acids is 1. The van der Waals surface area contributed by atoms with E-state index in [1.54, 1.807) is 26.0 Å². The van der Waals surface area contributed by atoms with Crippen LogP contribution in [0.5, 0.6) is 0 Å². The van der Waals surface area contributed by atoms with Gasteiger partial charge in [0.1, 0.15) is 11.4 Å². The number of fused-ring (bicyclic) bond motifs is 1. The van der Waals surface area contributed by atoms with Gasteiger partial charge in [0.15, 0.2) is 6.04 Å². The van der Waals surface area contributed by atoms with E-state index in [4.69, 9.17) is 0 Å². The molecule has 0 saturated heterocycles. The second kappa shape index (κ2) is 6.12. The largest absolute Gasteiger partial charge is 0.410 e. The van der Waals surface area contributed by atoms with Crippen LogP contribution < -0.4 is 10.6 Å². The average molecular weight is 358 g/mol. The number of thiophene rings is 1. The van der Waals surface area contributed by atoms with Gasteiger partial charge in [0, 0.05) is 17.3 Å². The molecule has 0 saturated carbocycles. The monoisotopic (exact) mass is 358 g/mol. The zero-order valence-corrected chi connectivity index (χ0v) is 13.9. The number of halogens is 3. The third-order valence-corrected chi connectivity index (χ3v) is 4.78. The summed E-state index contributed by atoms with van der Waals surface area (Å²) in [5.74, 6) is -0.327. The van der Waals surface area contributed by atoms with Gasteiger partial charge in [-0.1, -0.05) is 6.07 Å². The Morgan fingerprint density at radius 1 is 1.50 bits per heavy atom. The van der Waals surface area contributed by atoms with E-state index in [1.807, 2.05) is 5.38 Å². The van der Waals surface area contributed by atoms with Gasteiger partial charge in [-0.3, -0.25) is 4.79 Å². The molecule has 0 unspecified atom stereocenters. The lowest BCUT2D eigenvalue weighted by Gasteiger charge is -2.33.